The van der Waals surface area contributed by atoms with Gasteiger partial charge in [-0.25, -0.2) is 13.1 Å². The number of carbonyl (C=O) groups excluding carboxylic acids is 1. The van der Waals surface area contributed by atoms with E-state index in [-0.39, 0.29) is 29.3 Å². The van der Waals surface area contributed by atoms with Crippen molar-refractivity contribution in [2.45, 2.75) is 44.0 Å². The average Bonchev–Trinajstić information content (AvgIpc) is 2.62. The summed E-state index contributed by atoms with van der Waals surface area (Å²) in [4.78, 5) is 12.5. The molecule has 3 atom stereocenters. The zero-order chi connectivity index (χ0) is 18.4. The summed E-state index contributed by atoms with van der Waals surface area (Å²) in [5, 5.41) is 6.41. The van der Waals surface area contributed by atoms with Gasteiger partial charge in [-0.05, 0) is 69.4 Å². The molecule has 1 aliphatic rings. The molecule has 1 aromatic rings. The van der Waals surface area contributed by atoms with Gasteiger partial charge in [0, 0.05) is 6.42 Å². The molecule has 148 valence electrons. The van der Waals surface area contributed by atoms with Crippen LogP contribution in [0, 0.1) is 11.8 Å². The third-order valence-electron chi connectivity index (χ3n) is 4.98. The Bertz CT molecular complexity index is 673. The van der Waals surface area contributed by atoms with E-state index >= 15 is 0 Å². The second kappa shape index (κ2) is 10.3. The molecule has 3 N–H and O–H groups in total. The molecule has 0 radical (unpaired) electrons. The van der Waals surface area contributed by atoms with Crippen molar-refractivity contribution < 1.29 is 13.2 Å². The Labute approximate surface area is 163 Å². The first-order valence-electron chi connectivity index (χ1n) is 8.87. The third kappa shape index (κ3) is 6.23. The fourth-order valence-electron chi connectivity index (χ4n) is 3.26. The predicted octanol–water partition coefficient (Wildman–Crippen LogP) is 2.22. The number of amides is 1. The van der Waals surface area contributed by atoms with Crippen LogP contribution in [0.1, 0.15) is 44.7 Å². The van der Waals surface area contributed by atoms with Crippen LogP contribution in [0.5, 0.6) is 0 Å². The van der Waals surface area contributed by atoms with E-state index in [0.717, 1.165) is 18.7 Å². The molecule has 1 aromatic carbocycles. The zero-order valence-corrected chi connectivity index (χ0v) is 17.3. The molecule has 0 spiro atoms. The first-order chi connectivity index (χ1) is 11.8. The van der Waals surface area contributed by atoms with Crippen molar-refractivity contribution in [2.24, 2.45) is 11.8 Å². The summed E-state index contributed by atoms with van der Waals surface area (Å²) in [6.45, 7) is 6.11. The fraction of sp³-hybridized carbons (Fsp3) is 0.611. The van der Waals surface area contributed by atoms with Crippen molar-refractivity contribution in [2.75, 3.05) is 20.1 Å². The maximum atomic E-state index is 12.3. The summed E-state index contributed by atoms with van der Waals surface area (Å²) in [5.41, 5.74) is 0.885. The van der Waals surface area contributed by atoms with Gasteiger partial charge in [0.1, 0.15) is 0 Å². The molecule has 3 unspecified atom stereocenters. The van der Waals surface area contributed by atoms with Crippen LogP contribution in [0.4, 0.5) is 0 Å². The molecule has 2 rings (SSSR count). The van der Waals surface area contributed by atoms with E-state index in [2.05, 4.69) is 22.3 Å². The lowest BCUT2D eigenvalue weighted by atomic mass is 9.85. The maximum Gasteiger partial charge on any atom is 0.240 e. The maximum absolute atomic E-state index is 12.3. The van der Waals surface area contributed by atoms with Gasteiger partial charge in [0.05, 0.1) is 10.9 Å². The molecule has 0 aromatic heterocycles. The van der Waals surface area contributed by atoms with Gasteiger partial charge >= 0.3 is 0 Å². The second-order valence-corrected chi connectivity index (χ2v) is 8.74. The van der Waals surface area contributed by atoms with Gasteiger partial charge in [-0.3, -0.25) is 4.79 Å². The molecule has 0 bridgehead atoms. The molecule has 0 aliphatic carbocycles. The largest absolute Gasteiger partial charge is 0.350 e. The Morgan fingerprint density at radius 3 is 2.46 bits per heavy atom. The predicted molar refractivity (Wildman–Crippen MR) is 106 cm³/mol. The summed E-state index contributed by atoms with van der Waals surface area (Å²) in [6, 6.07) is 6.43. The van der Waals surface area contributed by atoms with E-state index < -0.39 is 10.0 Å². The lowest BCUT2D eigenvalue weighted by Crippen LogP contribution is -2.36. The zero-order valence-electron chi connectivity index (χ0n) is 15.6. The van der Waals surface area contributed by atoms with Crippen LogP contribution in [-0.4, -0.2) is 34.5 Å². The van der Waals surface area contributed by atoms with Crippen molar-refractivity contribution >= 4 is 28.3 Å². The molecular weight excluding hydrogens is 374 g/mol. The highest BCUT2D eigenvalue weighted by Gasteiger charge is 2.22. The molecule has 8 heteroatoms. The highest BCUT2D eigenvalue weighted by Crippen LogP contribution is 2.23. The van der Waals surface area contributed by atoms with Gasteiger partial charge in [-0.2, -0.15) is 0 Å². The van der Waals surface area contributed by atoms with Gasteiger partial charge in [-0.1, -0.05) is 19.1 Å². The molecular formula is C18H30ClN3O3S. The summed E-state index contributed by atoms with van der Waals surface area (Å²) >= 11 is 0. The molecule has 1 aliphatic heterocycles. The number of carbonyl (C=O) groups is 1. The van der Waals surface area contributed by atoms with Gasteiger partial charge in [0.15, 0.2) is 0 Å². The summed E-state index contributed by atoms with van der Waals surface area (Å²) in [5.74, 6) is 0.946. The van der Waals surface area contributed by atoms with Crippen LogP contribution in [0.2, 0.25) is 0 Å². The van der Waals surface area contributed by atoms with Crippen LogP contribution >= 0.6 is 12.4 Å². The van der Waals surface area contributed by atoms with Crippen molar-refractivity contribution in [3.05, 3.63) is 29.8 Å². The number of hydrogen-bond acceptors (Lipinski definition) is 4. The fourth-order valence-corrected chi connectivity index (χ4v) is 3.99. The van der Waals surface area contributed by atoms with E-state index in [0.29, 0.717) is 18.3 Å². The highest BCUT2D eigenvalue weighted by atomic mass is 35.5. The standard InChI is InChI=1S/C18H29N3O3S.ClH/c1-13(16-5-4-10-20-12-16)11-18(22)21-14(2)15-6-8-17(9-7-15)25(23,24)19-3;/h6-9,13-14,16,19-20H,4-5,10-12H2,1-3H3,(H,21,22);1H. The number of hydrogen-bond donors (Lipinski definition) is 3. The van der Waals surface area contributed by atoms with E-state index in [1.165, 1.54) is 19.9 Å². The summed E-state index contributed by atoms with van der Waals surface area (Å²) in [6.07, 6.45) is 2.87. The topological polar surface area (TPSA) is 87.3 Å². The number of halogens is 1. The van der Waals surface area contributed by atoms with Gasteiger partial charge < -0.3 is 10.6 Å². The van der Waals surface area contributed by atoms with Crippen LogP contribution < -0.4 is 15.4 Å². The van der Waals surface area contributed by atoms with E-state index in [1.807, 2.05) is 6.92 Å². The lowest BCUT2D eigenvalue weighted by molar-refractivity contribution is -0.123. The van der Waals surface area contributed by atoms with Crippen molar-refractivity contribution in [3.8, 4) is 0 Å². The second-order valence-electron chi connectivity index (χ2n) is 6.85. The Hall–Kier alpha value is -1.15. The van der Waals surface area contributed by atoms with Crippen molar-refractivity contribution in [3.63, 3.8) is 0 Å². The third-order valence-corrected chi connectivity index (χ3v) is 6.41. The van der Waals surface area contributed by atoms with Gasteiger partial charge in [-0.15, -0.1) is 12.4 Å². The van der Waals surface area contributed by atoms with E-state index in [1.54, 1.807) is 24.3 Å². The van der Waals surface area contributed by atoms with Gasteiger partial charge in [0.2, 0.25) is 15.9 Å². The lowest BCUT2D eigenvalue weighted by Gasteiger charge is -2.28. The molecule has 26 heavy (non-hydrogen) atoms. The van der Waals surface area contributed by atoms with Crippen LogP contribution in [0.15, 0.2) is 29.2 Å². The monoisotopic (exact) mass is 403 g/mol. The number of rotatable bonds is 7. The van der Waals surface area contributed by atoms with E-state index in [4.69, 9.17) is 0 Å². The Morgan fingerprint density at radius 1 is 1.27 bits per heavy atom. The normalized spacial score (nSPS) is 19.9. The smallest absolute Gasteiger partial charge is 0.240 e. The highest BCUT2D eigenvalue weighted by molar-refractivity contribution is 7.89. The molecule has 6 nitrogen and oxygen atoms in total. The summed E-state index contributed by atoms with van der Waals surface area (Å²) in [7, 11) is -2.05. The Morgan fingerprint density at radius 2 is 1.92 bits per heavy atom. The van der Waals surface area contributed by atoms with Crippen LogP contribution in [0.25, 0.3) is 0 Å². The number of nitrogens with one attached hydrogen (secondary N) is 3. The van der Waals surface area contributed by atoms with Crippen LogP contribution in [-0.2, 0) is 14.8 Å². The van der Waals surface area contributed by atoms with Crippen molar-refractivity contribution in [1.82, 2.24) is 15.4 Å². The quantitative estimate of drug-likeness (QED) is 0.651. The number of benzene rings is 1. The minimum absolute atomic E-state index is 0. The number of piperidine rings is 1. The SMILES string of the molecule is CNS(=O)(=O)c1ccc(C(C)NC(=O)CC(C)C2CCCNC2)cc1.Cl. The van der Waals surface area contributed by atoms with E-state index in [9.17, 15) is 13.2 Å². The minimum Gasteiger partial charge on any atom is -0.350 e. The van der Waals surface area contributed by atoms with Gasteiger partial charge in [0.25, 0.3) is 0 Å². The summed E-state index contributed by atoms with van der Waals surface area (Å²) < 4.78 is 25.8. The molecule has 1 amide bonds. The molecule has 0 saturated carbocycles. The molecule has 1 heterocycles. The first kappa shape index (κ1) is 22.9. The molecule has 1 fully saturated rings. The average molecular weight is 404 g/mol. The first-order valence-corrected chi connectivity index (χ1v) is 10.4. The van der Waals surface area contributed by atoms with Crippen LogP contribution in [0.3, 0.4) is 0 Å². The van der Waals surface area contributed by atoms with Crippen molar-refractivity contribution in [1.29, 1.82) is 0 Å². The Kier molecular flexibility index (Phi) is 9.03. The minimum atomic E-state index is -3.44. The number of sulfonamides is 1. The molecule has 1 saturated heterocycles. The Balaban J connectivity index is 0.00000338.